The number of nitrogens with one attached hydrogen (secondary N) is 1. The first-order valence-electron chi connectivity index (χ1n) is 9.32. The molecule has 0 radical (unpaired) electrons. The van der Waals surface area contributed by atoms with Crippen molar-refractivity contribution in [1.82, 2.24) is 9.97 Å². The first kappa shape index (κ1) is 19.5. The molecule has 0 aliphatic heterocycles. The molecule has 0 saturated heterocycles. The number of hydrogen-bond donors (Lipinski definition) is 1. The van der Waals surface area contributed by atoms with E-state index < -0.39 is 0 Å². The molecule has 0 aliphatic rings. The Kier molecular flexibility index (Phi) is 5.73. The second kappa shape index (κ2) is 8.21. The molecule has 2 aromatic carbocycles. The van der Waals surface area contributed by atoms with Gasteiger partial charge in [0.2, 0.25) is 0 Å². The SMILES string of the molecule is CN(Cc1ccccc1)c1cc(C(=O)Nc2ccccc2C(C)(C)C)ncn1. The lowest BCUT2D eigenvalue weighted by atomic mass is 9.86. The van der Waals surface area contributed by atoms with Crippen LogP contribution in [0.3, 0.4) is 0 Å². The van der Waals surface area contributed by atoms with Gasteiger partial charge in [0.15, 0.2) is 0 Å². The molecule has 0 bridgehead atoms. The molecular weight excluding hydrogens is 348 g/mol. The molecule has 1 aromatic heterocycles. The second-order valence-electron chi connectivity index (χ2n) is 7.85. The summed E-state index contributed by atoms with van der Waals surface area (Å²) < 4.78 is 0. The van der Waals surface area contributed by atoms with Crippen LogP contribution in [0.2, 0.25) is 0 Å². The van der Waals surface area contributed by atoms with Crippen molar-refractivity contribution in [2.24, 2.45) is 0 Å². The first-order chi connectivity index (χ1) is 13.3. The van der Waals surface area contributed by atoms with Gasteiger partial charge in [-0.15, -0.1) is 0 Å². The molecule has 0 unspecified atom stereocenters. The van der Waals surface area contributed by atoms with Gasteiger partial charge in [0.25, 0.3) is 5.91 Å². The molecule has 28 heavy (non-hydrogen) atoms. The third-order valence-corrected chi connectivity index (χ3v) is 4.52. The van der Waals surface area contributed by atoms with Gasteiger partial charge >= 0.3 is 0 Å². The van der Waals surface area contributed by atoms with Gasteiger partial charge in [-0.25, -0.2) is 9.97 Å². The van der Waals surface area contributed by atoms with Crippen LogP contribution in [0.4, 0.5) is 11.5 Å². The Balaban J connectivity index is 1.78. The fourth-order valence-electron chi connectivity index (χ4n) is 3.05. The Morgan fingerprint density at radius 1 is 1.00 bits per heavy atom. The van der Waals surface area contributed by atoms with Gasteiger partial charge in [-0.05, 0) is 22.6 Å². The van der Waals surface area contributed by atoms with Gasteiger partial charge in [0.05, 0.1) is 0 Å². The highest BCUT2D eigenvalue weighted by molar-refractivity contribution is 6.03. The van der Waals surface area contributed by atoms with E-state index in [0.29, 0.717) is 18.1 Å². The quantitative estimate of drug-likeness (QED) is 0.705. The highest BCUT2D eigenvalue weighted by atomic mass is 16.1. The van der Waals surface area contributed by atoms with E-state index in [0.717, 1.165) is 11.3 Å². The maximum atomic E-state index is 12.8. The maximum Gasteiger partial charge on any atom is 0.274 e. The summed E-state index contributed by atoms with van der Waals surface area (Å²) in [5, 5.41) is 3.00. The summed E-state index contributed by atoms with van der Waals surface area (Å²) in [6.45, 7) is 7.07. The number of amides is 1. The minimum atomic E-state index is -0.242. The third kappa shape index (κ3) is 4.74. The number of carbonyl (C=O) groups is 1. The molecule has 144 valence electrons. The molecule has 0 spiro atoms. The van der Waals surface area contributed by atoms with Crippen molar-refractivity contribution in [2.45, 2.75) is 32.7 Å². The minimum Gasteiger partial charge on any atom is -0.355 e. The zero-order valence-electron chi connectivity index (χ0n) is 16.8. The first-order valence-corrected chi connectivity index (χ1v) is 9.32. The summed E-state index contributed by atoms with van der Waals surface area (Å²) in [6.07, 6.45) is 1.43. The highest BCUT2D eigenvalue weighted by Crippen LogP contribution is 2.29. The molecule has 3 rings (SSSR count). The fourth-order valence-corrected chi connectivity index (χ4v) is 3.05. The van der Waals surface area contributed by atoms with Crippen molar-refractivity contribution in [3.05, 3.63) is 83.8 Å². The summed E-state index contributed by atoms with van der Waals surface area (Å²) in [4.78, 5) is 23.3. The lowest BCUT2D eigenvalue weighted by Crippen LogP contribution is -2.21. The minimum absolute atomic E-state index is 0.0728. The number of anilines is 2. The Morgan fingerprint density at radius 2 is 1.68 bits per heavy atom. The van der Waals surface area contributed by atoms with Crippen LogP contribution >= 0.6 is 0 Å². The molecule has 0 saturated carbocycles. The standard InChI is InChI=1S/C23H26N4O/c1-23(2,3)18-12-8-9-13-19(18)26-22(28)20-14-21(25-16-24-20)27(4)15-17-10-6-5-7-11-17/h5-14,16H,15H2,1-4H3,(H,26,28). The van der Waals surface area contributed by atoms with Gasteiger partial charge in [-0.1, -0.05) is 69.3 Å². The van der Waals surface area contributed by atoms with Crippen LogP contribution in [0.5, 0.6) is 0 Å². The number of hydrogen-bond acceptors (Lipinski definition) is 4. The van der Waals surface area contributed by atoms with Crippen molar-refractivity contribution < 1.29 is 4.79 Å². The van der Waals surface area contributed by atoms with Crippen LogP contribution < -0.4 is 10.2 Å². The molecule has 0 fully saturated rings. The Morgan fingerprint density at radius 3 is 2.39 bits per heavy atom. The molecule has 1 amide bonds. The van der Waals surface area contributed by atoms with E-state index in [9.17, 15) is 4.79 Å². The number of nitrogens with zero attached hydrogens (tertiary/aromatic N) is 3. The van der Waals surface area contributed by atoms with E-state index in [1.54, 1.807) is 6.07 Å². The van der Waals surface area contributed by atoms with Crippen LogP contribution in [0, 0.1) is 0 Å². The summed E-state index contributed by atoms with van der Waals surface area (Å²) in [5.41, 5.74) is 3.33. The Bertz CT molecular complexity index is 948. The molecular formula is C23H26N4O. The molecule has 5 nitrogen and oxygen atoms in total. The molecule has 1 heterocycles. The number of rotatable bonds is 5. The third-order valence-electron chi connectivity index (χ3n) is 4.52. The zero-order valence-corrected chi connectivity index (χ0v) is 16.8. The smallest absolute Gasteiger partial charge is 0.274 e. The predicted octanol–water partition coefficient (Wildman–Crippen LogP) is 4.66. The van der Waals surface area contributed by atoms with Crippen molar-refractivity contribution >= 4 is 17.4 Å². The van der Waals surface area contributed by atoms with E-state index in [-0.39, 0.29) is 11.3 Å². The Hall–Kier alpha value is -3.21. The van der Waals surface area contributed by atoms with Gasteiger partial charge < -0.3 is 10.2 Å². The number of benzene rings is 2. The monoisotopic (exact) mass is 374 g/mol. The van der Waals surface area contributed by atoms with Crippen molar-refractivity contribution in [3.63, 3.8) is 0 Å². The average Bonchev–Trinajstić information content (AvgIpc) is 2.68. The molecule has 3 aromatic rings. The van der Waals surface area contributed by atoms with Gasteiger partial charge in [0.1, 0.15) is 17.8 Å². The van der Waals surface area contributed by atoms with Gasteiger partial charge in [0, 0.05) is 25.3 Å². The van der Waals surface area contributed by atoms with Crippen LogP contribution in [0.15, 0.2) is 67.0 Å². The summed E-state index contributed by atoms with van der Waals surface area (Å²) in [5.74, 6) is 0.460. The zero-order chi connectivity index (χ0) is 20.1. The maximum absolute atomic E-state index is 12.8. The molecule has 0 aliphatic carbocycles. The van der Waals surface area contributed by atoms with E-state index in [2.05, 4.69) is 48.2 Å². The van der Waals surface area contributed by atoms with Crippen LogP contribution in [-0.4, -0.2) is 22.9 Å². The average molecular weight is 374 g/mol. The van der Waals surface area contributed by atoms with Crippen molar-refractivity contribution in [3.8, 4) is 0 Å². The number of aromatic nitrogens is 2. The van der Waals surface area contributed by atoms with E-state index >= 15 is 0 Å². The lowest BCUT2D eigenvalue weighted by Gasteiger charge is -2.23. The highest BCUT2D eigenvalue weighted by Gasteiger charge is 2.19. The fraction of sp³-hybridized carbons (Fsp3) is 0.261. The lowest BCUT2D eigenvalue weighted by molar-refractivity contribution is 0.102. The van der Waals surface area contributed by atoms with Crippen molar-refractivity contribution in [1.29, 1.82) is 0 Å². The van der Waals surface area contributed by atoms with Crippen LogP contribution in [0.25, 0.3) is 0 Å². The van der Waals surface area contributed by atoms with Crippen LogP contribution in [-0.2, 0) is 12.0 Å². The van der Waals surface area contributed by atoms with Crippen molar-refractivity contribution in [2.75, 3.05) is 17.3 Å². The largest absolute Gasteiger partial charge is 0.355 e. The molecule has 5 heteroatoms. The number of carbonyl (C=O) groups excluding carboxylic acids is 1. The van der Waals surface area contributed by atoms with Crippen LogP contribution in [0.1, 0.15) is 42.4 Å². The summed E-state index contributed by atoms with van der Waals surface area (Å²) in [7, 11) is 1.95. The second-order valence-corrected chi connectivity index (χ2v) is 7.85. The normalized spacial score (nSPS) is 11.1. The summed E-state index contributed by atoms with van der Waals surface area (Å²) >= 11 is 0. The predicted molar refractivity (Wildman–Crippen MR) is 114 cm³/mol. The number of para-hydroxylation sites is 1. The Labute approximate surface area is 166 Å². The van der Waals surface area contributed by atoms with Gasteiger partial charge in [-0.3, -0.25) is 4.79 Å². The summed E-state index contributed by atoms with van der Waals surface area (Å²) in [6, 6.07) is 19.7. The van der Waals surface area contributed by atoms with Gasteiger partial charge in [-0.2, -0.15) is 0 Å². The van der Waals surface area contributed by atoms with E-state index in [4.69, 9.17) is 0 Å². The molecule has 0 atom stereocenters. The van der Waals surface area contributed by atoms with E-state index in [1.165, 1.54) is 11.9 Å². The van der Waals surface area contributed by atoms with E-state index in [1.807, 2.05) is 54.4 Å². The topological polar surface area (TPSA) is 58.1 Å². The molecule has 1 N–H and O–H groups in total.